The maximum absolute atomic E-state index is 6.77. The van der Waals surface area contributed by atoms with Crippen LogP contribution in [0, 0.1) is 11.8 Å². The Hall–Kier alpha value is -5.62. The molecule has 69 heavy (non-hydrogen) atoms. The predicted octanol–water partition coefficient (Wildman–Crippen LogP) is 16.3. The van der Waals surface area contributed by atoms with E-state index in [1.54, 1.807) is 22.3 Å². The summed E-state index contributed by atoms with van der Waals surface area (Å²) in [6.07, 6.45) is 17.7. The average molecular weight is 907 g/mol. The van der Waals surface area contributed by atoms with Gasteiger partial charge in [-0.1, -0.05) is 137 Å². The van der Waals surface area contributed by atoms with Crippen LogP contribution in [-0.2, 0) is 9.31 Å². The van der Waals surface area contributed by atoms with Crippen molar-refractivity contribution in [2.24, 2.45) is 11.8 Å². The van der Waals surface area contributed by atoms with Crippen LogP contribution in [0.1, 0.15) is 152 Å². The molecule has 3 heterocycles. The lowest BCUT2D eigenvalue weighted by Gasteiger charge is -2.32. The largest absolute Gasteiger partial charge is 0.494 e. The number of rotatable bonds is 7. The summed E-state index contributed by atoms with van der Waals surface area (Å²) in [4.78, 5) is 10.3. The molecule has 0 N–H and O–H groups in total. The van der Waals surface area contributed by atoms with E-state index in [9.17, 15) is 0 Å². The van der Waals surface area contributed by atoms with Crippen LogP contribution in [0.2, 0.25) is 0 Å². The minimum absolute atomic E-state index is 0.479. The number of benzene rings is 5. The molecule has 5 aromatic carbocycles. The van der Waals surface area contributed by atoms with Crippen molar-refractivity contribution in [3.63, 3.8) is 0 Å². The van der Waals surface area contributed by atoms with E-state index in [1.165, 1.54) is 75.3 Å². The quantitative estimate of drug-likeness (QED) is 0.150. The summed E-state index contributed by atoms with van der Waals surface area (Å²) >= 11 is 0. The van der Waals surface area contributed by atoms with Gasteiger partial charge in [0.2, 0.25) is 0 Å². The van der Waals surface area contributed by atoms with E-state index in [2.05, 4.69) is 181 Å². The minimum Gasteiger partial charge on any atom is -0.399 e. The summed E-state index contributed by atoms with van der Waals surface area (Å²) in [5.41, 5.74) is 19.7. The SMILES string of the molecule is CC1CC2CCCC(C2)c2ccc(-c3ccc(-c4ccccc4-c4cc(B5OC(C)(C)C(C)(C)O5)cc(-c5ccccc5-c5ccc(-c6ccc7c(c6)C(C)CC6CCCC7C6)nc5)c4)cn3)cc21. The third-order valence-corrected chi connectivity index (χ3v) is 17.8. The Bertz CT molecular complexity index is 2840. The van der Waals surface area contributed by atoms with Crippen LogP contribution in [0.25, 0.3) is 67.0 Å². The first-order valence-electron chi connectivity index (χ1n) is 26.4. The molecule has 2 aromatic heterocycles. The van der Waals surface area contributed by atoms with E-state index in [0.29, 0.717) is 23.7 Å². The summed E-state index contributed by atoms with van der Waals surface area (Å²) in [5.74, 6) is 4.32. The molecule has 5 aliphatic rings. The van der Waals surface area contributed by atoms with Crippen molar-refractivity contribution >= 4 is 12.6 Å². The highest BCUT2D eigenvalue weighted by atomic mass is 16.7. The highest BCUT2D eigenvalue weighted by Gasteiger charge is 2.52. The maximum atomic E-state index is 6.77. The first-order chi connectivity index (χ1) is 33.4. The first-order valence-corrected chi connectivity index (χ1v) is 26.4. The van der Waals surface area contributed by atoms with Crippen molar-refractivity contribution < 1.29 is 9.31 Å². The molecule has 0 spiro atoms. The third-order valence-electron chi connectivity index (χ3n) is 17.8. The molecule has 6 unspecified atom stereocenters. The van der Waals surface area contributed by atoms with Gasteiger partial charge >= 0.3 is 7.12 Å². The van der Waals surface area contributed by atoms with E-state index >= 15 is 0 Å². The number of hydrogen-bond acceptors (Lipinski definition) is 4. The van der Waals surface area contributed by atoms with Gasteiger partial charge in [-0.05, 0) is 193 Å². The van der Waals surface area contributed by atoms with Gasteiger partial charge in [-0.25, -0.2) is 0 Å². The van der Waals surface area contributed by atoms with Crippen LogP contribution in [0.3, 0.4) is 0 Å². The van der Waals surface area contributed by atoms with Crippen molar-refractivity contribution in [1.29, 1.82) is 0 Å². The molecule has 0 radical (unpaired) electrons. The number of nitrogens with zero attached hydrogens (tertiary/aromatic N) is 2. The molecule has 3 fully saturated rings. The summed E-state index contributed by atoms with van der Waals surface area (Å²) in [6, 6.07) is 47.7. The van der Waals surface area contributed by atoms with E-state index in [1.807, 2.05) is 0 Å². The molecule has 1 saturated heterocycles. The molecular weight excluding hydrogens is 840 g/mol. The third kappa shape index (κ3) is 8.32. The molecule has 6 atom stereocenters. The standard InChI is InChI=1S/C64H67BN2O2/c1-40-29-42-13-11-15-44(31-42)57-25-21-46(36-59(40)57)61-27-23-48(38-66-61)53-17-7-9-19-55(53)50-33-51(35-52(34-50)65-68-63(3,4)64(5,6)69-65)56-20-10-8-18-54(56)49-24-28-62(67-39-49)47-22-26-58-45-16-12-14-43(32-45)30-41(2)60(58)37-47/h7-10,17-28,33-45H,11-16,29-32H2,1-6H3. The van der Waals surface area contributed by atoms with Gasteiger partial charge in [-0.15, -0.1) is 0 Å². The van der Waals surface area contributed by atoms with Crippen LogP contribution in [0.4, 0.5) is 0 Å². The van der Waals surface area contributed by atoms with Gasteiger partial charge < -0.3 is 9.31 Å². The fraction of sp³-hybridized carbons (Fsp3) is 0.375. The molecule has 5 heteroatoms. The predicted molar refractivity (Wildman–Crippen MR) is 286 cm³/mol. The average Bonchev–Trinajstić information content (AvgIpc) is 3.49. The zero-order valence-corrected chi connectivity index (χ0v) is 41.6. The summed E-state index contributed by atoms with van der Waals surface area (Å²) in [7, 11) is -0.527. The lowest BCUT2D eigenvalue weighted by atomic mass is 9.75. The highest BCUT2D eigenvalue weighted by molar-refractivity contribution is 6.62. The van der Waals surface area contributed by atoms with E-state index < -0.39 is 18.3 Å². The van der Waals surface area contributed by atoms with Gasteiger partial charge in [-0.2, -0.15) is 0 Å². The maximum Gasteiger partial charge on any atom is 0.494 e. The number of hydrogen-bond donors (Lipinski definition) is 0. The molecule has 4 bridgehead atoms. The topological polar surface area (TPSA) is 44.2 Å². The summed E-state index contributed by atoms with van der Waals surface area (Å²) in [5, 5.41) is 0. The van der Waals surface area contributed by atoms with Gasteiger partial charge in [0, 0.05) is 34.6 Å². The van der Waals surface area contributed by atoms with Crippen molar-refractivity contribution in [2.75, 3.05) is 0 Å². The Morgan fingerprint density at radius 2 is 0.855 bits per heavy atom. The zero-order valence-electron chi connectivity index (χ0n) is 41.6. The molecule has 7 aromatic rings. The van der Waals surface area contributed by atoms with Crippen molar-refractivity contribution in [3.05, 3.63) is 162 Å². The first kappa shape index (κ1) is 44.6. The monoisotopic (exact) mass is 907 g/mol. The Morgan fingerprint density at radius 1 is 0.435 bits per heavy atom. The molecule has 0 amide bonds. The molecule has 348 valence electrons. The van der Waals surface area contributed by atoms with Crippen LogP contribution in [0.15, 0.2) is 140 Å². The minimum atomic E-state index is -0.527. The second kappa shape index (κ2) is 17.7. The lowest BCUT2D eigenvalue weighted by molar-refractivity contribution is 0.00578. The van der Waals surface area contributed by atoms with Crippen LogP contribution >= 0.6 is 0 Å². The smallest absolute Gasteiger partial charge is 0.399 e. The summed E-state index contributed by atoms with van der Waals surface area (Å²) in [6.45, 7) is 13.4. The van der Waals surface area contributed by atoms with E-state index in [4.69, 9.17) is 19.3 Å². The van der Waals surface area contributed by atoms with Gasteiger partial charge in [0.1, 0.15) is 0 Å². The van der Waals surface area contributed by atoms with Crippen molar-refractivity contribution in [2.45, 2.75) is 141 Å². The fourth-order valence-corrected chi connectivity index (χ4v) is 13.4. The zero-order chi connectivity index (χ0) is 47.0. The Balaban J connectivity index is 0.894. The van der Waals surface area contributed by atoms with Gasteiger partial charge in [0.05, 0.1) is 22.6 Å². The van der Waals surface area contributed by atoms with Crippen LogP contribution in [-0.4, -0.2) is 28.3 Å². The molecule has 4 aliphatic carbocycles. The van der Waals surface area contributed by atoms with E-state index in [-0.39, 0.29) is 0 Å². The molecule has 1 aliphatic heterocycles. The normalized spacial score (nSPS) is 24.5. The lowest BCUT2D eigenvalue weighted by Crippen LogP contribution is -2.41. The van der Waals surface area contributed by atoms with Gasteiger partial charge in [0.25, 0.3) is 0 Å². The molecule has 4 nitrogen and oxygen atoms in total. The fourth-order valence-electron chi connectivity index (χ4n) is 13.4. The number of fused-ring (bicyclic) bond motifs is 8. The second-order valence-corrected chi connectivity index (χ2v) is 22.8. The molecule has 12 rings (SSSR count). The molecule has 2 saturated carbocycles. The van der Waals surface area contributed by atoms with Crippen molar-refractivity contribution in [3.8, 4) is 67.0 Å². The number of aromatic nitrogens is 2. The van der Waals surface area contributed by atoms with Crippen LogP contribution in [0.5, 0.6) is 0 Å². The van der Waals surface area contributed by atoms with Crippen molar-refractivity contribution in [1.82, 2.24) is 9.97 Å². The van der Waals surface area contributed by atoms with E-state index in [0.717, 1.165) is 73.2 Å². The Kier molecular flexibility index (Phi) is 11.4. The highest BCUT2D eigenvalue weighted by Crippen LogP contribution is 2.49. The van der Waals surface area contributed by atoms with Gasteiger partial charge in [0.15, 0.2) is 0 Å². The number of pyridine rings is 2. The second-order valence-electron chi connectivity index (χ2n) is 22.8. The summed E-state index contributed by atoms with van der Waals surface area (Å²) < 4.78 is 13.5. The van der Waals surface area contributed by atoms with Crippen LogP contribution < -0.4 is 5.46 Å². The van der Waals surface area contributed by atoms with Gasteiger partial charge in [-0.3, -0.25) is 9.97 Å². The molecular formula is C64H67BN2O2. The Morgan fingerprint density at radius 3 is 1.28 bits per heavy atom. The Labute approximate surface area is 411 Å².